The Morgan fingerprint density at radius 1 is 1.25 bits per heavy atom. The molecule has 2 atom stereocenters. The monoisotopic (exact) mass is 287 g/mol. The first kappa shape index (κ1) is 15.0. The minimum absolute atomic E-state index is 0.281. The fraction of sp³-hybridized carbons (Fsp3) is 0.923. The van der Waals surface area contributed by atoms with Gasteiger partial charge in [0.2, 0.25) is 0 Å². The summed E-state index contributed by atoms with van der Waals surface area (Å²) in [6.07, 6.45) is 5.35. The molecule has 1 saturated heterocycles. The summed E-state index contributed by atoms with van der Waals surface area (Å²) in [5.41, 5.74) is 0. The number of rotatable bonds is 4. The molecule has 1 heterocycles. The summed E-state index contributed by atoms with van der Waals surface area (Å²) in [4.78, 5) is 26.5. The van der Waals surface area contributed by atoms with E-state index in [2.05, 4.69) is 4.84 Å². The van der Waals surface area contributed by atoms with E-state index < -0.39 is 11.1 Å². The van der Waals surface area contributed by atoms with Crippen LogP contribution in [0.5, 0.6) is 0 Å². The summed E-state index contributed by atoms with van der Waals surface area (Å²) in [5, 5.41) is 19.1. The molecule has 0 aromatic carbocycles. The number of hydrogen-bond acceptors (Lipinski definition) is 4. The largest absolute Gasteiger partial charge is 0.477 e. The van der Waals surface area contributed by atoms with E-state index in [9.17, 15) is 20.0 Å². The molecule has 20 heavy (non-hydrogen) atoms. The maximum absolute atomic E-state index is 11.5. The number of hydrogen-bond donors (Lipinski definition) is 1. The Bertz CT molecular complexity index is 381. The van der Waals surface area contributed by atoms with Crippen molar-refractivity contribution in [2.45, 2.75) is 63.1 Å². The zero-order valence-electron chi connectivity index (χ0n) is 11.9. The SMILES string of the molecule is C[N+]1(C2CCC(O[N+](=O)[O-])CC2)CCCCC1C(=O)O. The van der Waals surface area contributed by atoms with Crippen molar-refractivity contribution in [3.8, 4) is 0 Å². The molecule has 2 fully saturated rings. The molecule has 1 aliphatic heterocycles. The van der Waals surface area contributed by atoms with E-state index in [1.165, 1.54) is 0 Å². The van der Waals surface area contributed by atoms with E-state index in [1.54, 1.807) is 0 Å². The van der Waals surface area contributed by atoms with Crippen molar-refractivity contribution in [3.63, 3.8) is 0 Å². The highest BCUT2D eigenvalue weighted by Gasteiger charge is 2.47. The Balaban J connectivity index is 2.00. The smallest absolute Gasteiger partial charge is 0.362 e. The minimum atomic E-state index is -0.720. The molecule has 2 unspecified atom stereocenters. The topological polar surface area (TPSA) is 89.7 Å². The van der Waals surface area contributed by atoms with Gasteiger partial charge in [-0.1, -0.05) is 0 Å². The van der Waals surface area contributed by atoms with Gasteiger partial charge < -0.3 is 14.4 Å². The van der Waals surface area contributed by atoms with Gasteiger partial charge in [0.25, 0.3) is 5.09 Å². The highest BCUT2D eigenvalue weighted by Crippen LogP contribution is 2.35. The van der Waals surface area contributed by atoms with Crippen molar-refractivity contribution in [2.75, 3.05) is 13.6 Å². The highest BCUT2D eigenvalue weighted by atomic mass is 17.0. The first-order valence-corrected chi connectivity index (χ1v) is 7.32. The van der Waals surface area contributed by atoms with E-state index in [1.807, 2.05) is 7.05 Å². The molecule has 0 aromatic heterocycles. The lowest BCUT2D eigenvalue weighted by Gasteiger charge is -2.49. The van der Waals surface area contributed by atoms with Crippen LogP contribution in [0.25, 0.3) is 0 Å². The third-order valence-corrected chi connectivity index (χ3v) is 5.08. The Kier molecular flexibility index (Phi) is 4.47. The van der Waals surface area contributed by atoms with Crippen LogP contribution in [-0.4, -0.2) is 52.4 Å². The number of carboxylic acids is 1. The van der Waals surface area contributed by atoms with E-state index in [4.69, 9.17) is 0 Å². The van der Waals surface area contributed by atoms with Gasteiger partial charge >= 0.3 is 5.97 Å². The van der Waals surface area contributed by atoms with E-state index in [-0.39, 0.29) is 18.2 Å². The summed E-state index contributed by atoms with van der Waals surface area (Å²) in [7, 11) is 2.04. The molecule has 0 spiro atoms. The van der Waals surface area contributed by atoms with E-state index in [0.29, 0.717) is 17.3 Å². The molecule has 1 aliphatic carbocycles. The van der Waals surface area contributed by atoms with Crippen LogP contribution in [-0.2, 0) is 9.63 Å². The van der Waals surface area contributed by atoms with Gasteiger partial charge in [-0.3, -0.25) is 0 Å². The molecule has 0 bridgehead atoms. The first-order chi connectivity index (χ1) is 9.43. The molecular weight excluding hydrogens is 264 g/mol. The molecule has 1 saturated carbocycles. The van der Waals surface area contributed by atoms with Gasteiger partial charge in [0.05, 0.1) is 19.6 Å². The van der Waals surface area contributed by atoms with Gasteiger partial charge in [-0.15, -0.1) is 10.1 Å². The lowest BCUT2D eigenvalue weighted by molar-refractivity contribution is -0.954. The molecular formula is C13H23N2O5+. The van der Waals surface area contributed by atoms with Crippen LogP contribution in [0.3, 0.4) is 0 Å². The van der Waals surface area contributed by atoms with Gasteiger partial charge in [-0.2, -0.15) is 0 Å². The van der Waals surface area contributed by atoms with Crippen LogP contribution in [0.1, 0.15) is 44.9 Å². The maximum Gasteiger partial charge on any atom is 0.362 e. The number of likely N-dealkylation sites (N-methyl/N-ethyl adjacent to an activating group) is 1. The van der Waals surface area contributed by atoms with Crippen molar-refractivity contribution in [3.05, 3.63) is 10.1 Å². The van der Waals surface area contributed by atoms with Gasteiger partial charge in [-0.05, 0) is 25.7 Å². The number of likely N-dealkylation sites (tertiary alicyclic amines) is 1. The van der Waals surface area contributed by atoms with Crippen molar-refractivity contribution in [2.24, 2.45) is 0 Å². The fourth-order valence-corrected chi connectivity index (χ4v) is 3.92. The van der Waals surface area contributed by atoms with Crippen molar-refractivity contribution in [1.29, 1.82) is 0 Å². The number of piperidine rings is 1. The Morgan fingerprint density at radius 2 is 1.90 bits per heavy atom. The maximum atomic E-state index is 11.5. The molecule has 0 aromatic rings. The Hall–Kier alpha value is -1.37. The average Bonchev–Trinajstić information content (AvgIpc) is 2.38. The first-order valence-electron chi connectivity index (χ1n) is 7.32. The molecule has 7 nitrogen and oxygen atoms in total. The second-order valence-corrected chi connectivity index (χ2v) is 6.18. The van der Waals surface area contributed by atoms with Crippen LogP contribution in [0.2, 0.25) is 0 Å². The summed E-state index contributed by atoms with van der Waals surface area (Å²) in [6, 6.07) is -0.0512. The third kappa shape index (κ3) is 3.03. The number of carbonyl (C=O) groups is 1. The number of nitrogens with zero attached hydrogens (tertiary/aromatic N) is 2. The third-order valence-electron chi connectivity index (χ3n) is 5.08. The van der Waals surface area contributed by atoms with Crippen molar-refractivity contribution in [1.82, 2.24) is 0 Å². The van der Waals surface area contributed by atoms with Gasteiger partial charge in [0.1, 0.15) is 6.10 Å². The summed E-state index contributed by atoms with van der Waals surface area (Å²) in [5.74, 6) is -0.712. The predicted octanol–water partition coefficient (Wildman–Crippen LogP) is 1.59. The molecule has 2 aliphatic rings. The van der Waals surface area contributed by atoms with Crippen molar-refractivity contribution < 1.29 is 24.3 Å². The molecule has 2 rings (SSSR count). The lowest BCUT2D eigenvalue weighted by Crippen LogP contribution is -2.64. The predicted molar refractivity (Wildman–Crippen MR) is 70.4 cm³/mol. The summed E-state index contributed by atoms with van der Waals surface area (Å²) < 4.78 is 0.584. The Labute approximate surface area is 118 Å². The zero-order chi connectivity index (χ0) is 14.8. The second-order valence-electron chi connectivity index (χ2n) is 6.18. The van der Waals surface area contributed by atoms with E-state index in [0.717, 1.165) is 38.6 Å². The highest BCUT2D eigenvalue weighted by molar-refractivity contribution is 5.72. The molecule has 114 valence electrons. The second kappa shape index (κ2) is 5.95. The average molecular weight is 287 g/mol. The van der Waals surface area contributed by atoms with Crippen LogP contribution >= 0.6 is 0 Å². The van der Waals surface area contributed by atoms with E-state index >= 15 is 0 Å². The van der Waals surface area contributed by atoms with Crippen LogP contribution in [0.15, 0.2) is 0 Å². The normalized spacial score (nSPS) is 38.1. The molecule has 1 N–H and O–H groups in total. The van der Waals surface area contributed by atoms with Crippen LogP contribution < -0.4 is 0 Å². The summed E-state index contributed by atoms with van der Waals surface area (Å²) in [6.45, 7) is 0.891. The van der Waals surface area contributed by atoms with Crippen LogP contribution in [0.4, 0.5) is 0 Å². The number of aliphatic carboxylic acids is 1. The number of quaternary nitrogens is 1. The summed E-state index contributed by atoms with van der Waals surface area (Å²) >= 11 is 0. The van der Waals surface area contributed by atoms with Gasteiger partial charge in [0.15, 0.2) is 6.04 Å². The number of carboxylic acid groups (broad SMARTS) is 1. The zero-order valence-corrected chi connectivity index (χ0v) is 11.9. The molecule has 0 amide bonds. The Morgan fingerprint density at radius 3 is 2.45 bits per heavy atom. The van der Waals surface area contributed by atoms with Gasteiger partial charge in [-0.25, -0.2) is 4.79 Å². The minimum Gasteiger partial charge on any atom is -0.477 e. The van der Waals surface area contributed by atoms with Crippen molar-refractivity contribution >= 4 is 5.97 Å². The van der Waals surface area contributed by atoms with Crippen LogP contribution in [0, 0.1) is 10.1 Å². The fourth-order valence-electron chi connectivity index (χ4n) is 3.92. The van der Waals surface area contributed by atoms with Gasteiger partial charge in [0, 0.05) is 19.3 Å². The lowest BCUT2D eigenvalue weighted by atomic mass is 9.86. The molecule has 7 heteroatoms. The quantitative estimate of drug-likeness (QED) is 0.482. The molecule has 0 radical (unpaired) electrons. The standard InChI is InChI=1S/C13H22N2O5/c1-15(9-3-2-4-12(15)13(16)17)10-5-7-11(8-6-10)20-14(18)19/h10-12H,2-9H2,1H3/p+1.